The van der Waals surface area contributed by atoms with E-state index in [0.29, 0.717) is 5.56 Å². The van der Waals surface area contributed by atoms with Crippen molar-refractivity contribution < 1.29 is 23.1 Å². The Hall–Kier alpha value is -1.60. The number of halogens is 3. The Bertz CT molecular complexity index is 487. The fourth-order valence-electron chi connectivity index (χ4n) is 2.35. The van der Waals surface area contributed by atoms with E-state index in [4.69, 9.17) is 5.11 Å². The molecule has 0 saturated carbocycles. The summed E-state index contributed by atoms with van der Waals surface area (Å²) in [5.74, 6) is -0.122. The van der Waals surface area contributed by atoms with E-state index in [2.05, 4.69) is 0 Å². The molecule has 1 saturated heterocycles. The van der Waals surface area contributed by atoms with Crippen LogP contribution in [0.5, 0.6) is 0 Å². The minimum absolute atomic E-state index is 0.122. The lowest BCUT2D eigenvalue weighted by Gasteiger charge is -2.28. The van der Waals surface area contributed by atoms with Gasteiger partial charge in [-0.05, 0) is 17.7 Å². The number of carbonyl (C=O) groups is 1. The maximum Gasteiger partial charge on any atom is 0.416 e. The van der Waals surface area contributed by atoms with E-state index in [0.717, 1.165) is 12.1 Å². The average molecular weight is 288 g/mol. The van der Waals surface area contributed by atoms with Crippen molar-refractivity contribution in [3.63, 3.8) is 0 Å². The molecule has 0 spiro atoms. The smallest absolute Gasteiger partial charge is 0.395 e. The zero-order valence-corrected chi connectivity index (χ0v) is 10.9. The number of alkyl halides is 3. The summed E-state index contributed by atoms with van der Waals surface area (Å²) in [6, 6.07) is 4.45. The molecule has 1 N–H and O–H groups in total. The Balaban J connectivity index is 2.24. The number of aliphatic hydroxyl groups is 1. The molecule has 4 nitrogen and oxygen atoms in total. The first-order valence-corrected chi connectivity index (χ1v) is 6.15. The third-order valence-electron chi connectivity index (χ3n) is 3.43. The van der Waals surface area contributed by atoms with Gasteiger partial charge in [0.15, 0.2) is 0 Å². The molecule has 0 aliphatic carbocycles. The first-order chi connectivity index (χ1) is 9.34. The lowest BCUT2D eigenvalue weighted by molar-refractivity contribution is -0.137. The van der Waals surface area contributed by atoms with Gasteiger partial charge in [-0.15, -0.1) is 0 Å². The molecule has 1 aliphatic rings. The summed E-state index contributed by atoms with van der Waals surface area (Å²) >= 11 is 0. The number of amides is 1. The van der Waals surface area contributed by atoms with Gasteiger partial charge >= 0.3 is 6.18 Å². The maximum absolute atomic E-state index is 12.5. The van der Waals surface area contributed by atoms with E-state index in [1.807, 2.05) is 0 Å². The fraction of sp³-hybridized carbons (Fsp3) is 0.462. The van der Waals surface area contributed by atoms with Crippen molar-refractivity contribution in [2.45, 2.75) is 18.6 Å². The molecule has 110 valence electrons. The van der Waals surface area contributed by atoms with Crippen molar-refractivity contribution >= 4 is 5.91 Å². The Morgan fingerprint density at radius 3 is 2.40 bits per heavy atom. The number of carbonyl (C=O) groups excluding carboxylic acids is 1. The summed E-state index contributed by atoms with van der Waals surface area (Å²) in [7, 11) is 1.59. The van der Waals surface area contributed by atoms with Gasteiger partial charge in [-0.25, -0.2) is 5.01 Å². The number of β-amino-alcohol motifs (C(OH)–C–C–N with tert-alkyl or cyclic N) is 1. The van der Waals surface area contributed by atoms with Gasteiger partial charge in [0.1, 0.15) is 0 Å². The van der Waals surface area contributed by atoms with Crippen LogP contribution < -0.4 is 0 Å². The molecule has 1 aromatic carbocycles. The maximum atomic E-state index is 12.5. The van der Waals surface area contributed by atoms with Crippen LogP contribution in [0.2, 0.25) is 0 Å². The number of benzene rings is 1. The molecule has 1 heterocycles. The molecule has 1 unspecified atom stereocenters. The average Bonchev–Trinajstić information content (AvgIpc) is 2.67. The lowest BCUT2D eigenvalue weighted by Crippen LogP contribution is -2.38. The van der Waals surface area contributed by atoms with Crippen LogP contribution >= 0.6 is 0 Å². The molecule has 1 fully saturated rings. The number of hydrogen-bond donors (Lipinski definition) is 1. The van der Waals surface area contributed by atoms with Crippen molar-refractivity contribution in [2.24, 2.45) is 0 Å². The van der Waals surface area contributed by atoms with Crippen molar-refractivity contribution in [3.8, 4) is 0 Å². The van der Waals surface area contributed by atoms with Crippen LogP contribution in [-0.2, 0) is 11.0 Å². The van der Waals surface area contributed by atoms with Gasteiger partial charge in [-0.1, -0.05) is 12.1 Å². The first-order valence-electron chi connectivity index (χ1n) is 6.15. The number of aliphatic hydroxyl groups excluding tert-OH is 1. The summed E-state index contributed by atoms with van der Waals surface area (Å²) < 4.78 is 37.5. The second-order valence-electron chi connectivity index (χ2n) is 4.64. The molecule has 0 aromatic heterocycles. The van der Waals surface area contributed by atoms with Gasteiger partial charge in [0.2, 0.25) is 5.91 Å². The zero-order chi connectivity index (χ0) is 14.9. The van der Waals surface area contributed by atoms with Gasteiger partial charge in [-0.2, -0.15) is 13.2 Å². The van der Waals surface area contributed by atoms with Crippen LogP contribution in [0.4, 0.5) is 13.2 Å². The van der Waals surface area contributed by atoms with E-state index in [1.54, 1.807) is 12.1 Å². The topological polar surface area (TPSA) is 43.8 Å². The minimum Gasteiger partial charge on any atom is -0.395 e. The molecule has 1 amide bonds. The highest BCUT2D eigenvalue weighted by atomic mass is 19.4. The third-order valence-corrected chi connectivity index (χ3v) is 3.43. The van der Waals surface area contributed by atoms with Crippen LogP contribution in [0.25, 0.3) is 0 Å². The van der Waals surface area contributed by atoms with Crippen molar-refractivity contribution in [3.05, 3.63) is 35.4 Å². The lowest BCUT2D eigenvalue weighted by atomic mass is 10.0. The first kappa shape index (κ1) is 14.8. The Kier molecular flexibility index (Phi) is 4.01. The monoisotopic (exact) mass is 288 g/mol. The number of hydrogen-bond acceptors (Lipinski definition) is 3. The Labute approximate surface area is 114 Å². The van der Waals surface area contributed by atoms with Crippen molar-refractivity contribution in [1.29, 1.82) is 0 Å². The molecule has 1 atom stereocenters. The predicted molar refractivity (Wildman–Crippen MR) is 65.4 cm³/mol. The highest BCUT2D eigenvalue weighted by Crippen LogP contribution is 2.34. The Morgan fingerprint density at radius 2 is 1.90 bits per heavy atom. The fourth-order valence-corrected chi connectivity index (χ4v) is 2.35. The van der Waals surface area contributed by atoms with E-state index in [1.165, 1.54) is 17.1 Å². The zero-order valence-electron chi connectivity index (χ0n) is 10.9. The van der Waals surface area contributed by atoms with Crippen LogP contribution in [0, 0.1) is 0 Å². The highest BCUT2D eigenvalue weighted by Gasteiger charge is 2.36. The summed E-state index contributed by atoms with van der Waals surface area (Å²) in [5.41, 5.74) is -0.0863. The van der Waals surface area contributed by atoms with Crippen molar-refractivity contribution in [1.82, 2.24) is 10.0 Å². The van der Waals surface area contributed by atoms with Gasteiger partial charge in [0, 0.05) is 20.0 Å². The molecule has 7 heteroatoms. The highest BCUT2D eigenvalue weighted by molar-refractivity contribution is 5.78. The van der Waals surface area contributed by atoms with Crippen LogP contribution in [0.3, 0.4) is 0 Å². The second kappa shape index (κ2) is 5.41. The van der Waals surface area contributed by atoms with E-state index in [9.17, 15) is 18.0 Å². The predicted octanol–water partition coefficient (Wildman–Crippen LogP) is 1.82. The number of hydrazine groups is 1. The van der Waals surface area contributed by atoms with Gasteiger partial charge in [0.25, 0.3) is 0 Å². The Morgan fingerprint density at radius 1 is 1.30 bits per heavy atom. The quantitative estimate of drug-likeness (QED) is 0.922. The molecule has 20 heavy (non-hydrogen) atoms. The van der Waals surface area contributed by atoms with E-state index < -0.39 is 11.7 Å². The minimum atomic E-state index is -4.37. The molecular formula is C13H15F3N2O2. The van der Waals surface area contributed by atoms with Gasteiger partial charge in [-0.3, -0.25) is 9.80 Å². The molecule has 1 aliphatic heterocycles. The largest absolute Gasteiger partial charge is 0.416 e. The molecule has 2 rings (SSSR count). The third kappa shape index (κ3) is 2.78. The molecular weight excluding hydrogens is 273 g/mol. The van der Waals surface area contributed by atoms with E-state index in [-0.39, 0.29) is 31.5 Å². The van der Waals surface area contributed by atoms with E-state index >= 15 is 0 Å². The summed E-state index contributed by atoms with van der Waals surface area (Å²) in [6.45, 7) is 0.128. The summed E-state index contributed by atoms with van der Waals surface area (Å²) in [4.78, 5) is 11.7. The number of rotatable bonds is 3. The molecule has 1 aromatic rings. The van der Waals surface area contributed by atoms with Crippen LogP contribution in [-0.4, -0.2) is 41.2 Å². The van der Waals surface area contributed by atoms with Crippen LogP contribution in [0.15, 0.2) is 24.3 Å². The summed E-state index contributed by atoms with van der Waals surface area (Å²) in [5, 5.41) is 12.1. The summed E-state index contributed by atoms with van der Waals surface area (Å²) in [6.07, 6.45) is -4.17. The molecule has 0 bridgehead atoms. The van der Waals surface area contributed by atoms with Gasteiger partial charge in [0.05, 0.1) is 18.2 Å². The van der Waals surface area contributed by atoms with Crippen LogP contribution in [0.1, 0.15) is 23.6 Å². The SMILES string of the molecule is CN1C(=O)CC(c2ccc(C(F)(F)F)cc2)N1CCO. The second-order valence-corrected chi connectivity index (χ2v) is 4.64. The van der Waals surface area contributed by atoms with Crippen molar-refractivity contribution in [2.75, 3.05) is 20.2 Å². The molecule has 0 radical (unpaired) electrons. The standard InChI is InChI=1S/C13H15F3N2O2/c1-17-12(20)8-11(18(17)6-7-19)9-2-4-10(5-3-9)13(14,15)16/h2-5,11,19H,6-8H2,1H3. The van der Waals surface area contributed by atoms with Gasteiger partial charge < -0.3 is 5.11 Å². The normalized spacial score (nSPS) is 20.8. The number of nitrogens with zero attached hydrogens (tertiary/aromatic N) is 2.